The number of likely N-dealkylation sites (tertiary alicyclic amines) is 1. The zero-order valence-electron chi connectivity index (χ0n) is 12.8. The molecule has 0 saturated carbocycles. The second-order valence-electron chi connectivity index (χ2n) is 7.25. The zero-order chi connectivity index (χ0) is 13.4. The molecule has 2 unspecified atom stereocenters. The molecular formula is C15H30N2O. The number of hydrogen-bond donors (Lipinski definition) is 1. The van der Waals surface area contributed by atoms with Crippen LogP contribution in [0.25, 0.3) is 0 Å². The van der Waals surface area contributed by atoms with Crippen LogP contribution in [0.15, 0.2) is 0 Å². The van der Waals surface area contributed by atoms with Gasteiger partial charge in [0.1, 0.15) is 5.72 Å². The average molecular weight is 254 g/mol. The lowest BCUT2D eigenvalue weighted by molar-refractivity contribution is -0.0951. The van der Waals surface area contributed by atoms with E-state index in [2.05, 4.69) is 44.8 Å². The maximum Gasteiger partial charge on any atom is 0.117 e. The molecule has 0 radical (unpaired) electrons. The van der Waals surface area contributed by atoms with E-state index in [-0.39, 0.29) is 11.3 Å². The number of rotatable bonds is 3. The van der Waals surface area contributed by atoms with Crippen molar-refractivity contribution in [2.45, 2.75) is 71.2 Å². The molecule has 2 saturated heterocycles. The Hall–Kier alpha value is -0.120. The predicted molar refractivity (Wildman–Crippen MR) is 75.6 cm³/mol. The van der Waals surface area contributed by atoms with E-state index in [1.54, 1.807) is 0 Å². The summed E-state index contributed by atoms with van der Waals surface area (Å²) in [7, 11) is 0. The fourth-order valence-corrected chi connectivity index (χ4v) is 3.48. The van der Waals surface area contributed by atoms with E-state index in [1.807, 2.05) is 0 Å². The fraction of sp³-hybridized carbons (Fsp3) is 1.00. The summed E-state index contributed by atoms with van der Waals surface area (Å²) in [5.74, 6) is 0.771. The summed E-state index contributed by atoms with van der Waals surface area (Å²) < 4.78 is 6.21. The van der Waals surface area contributed by atoms with Crippen molar-refractivity contribution >= 4 is 0 Å². The number of nitrogens with zero attached hydrogens (tertiary/aromatic N) is 1. The summed E-state index contributed by atoms with van der Waals surface area (Å²) in [6.07, 6.45) is 3.83. The Morgan fingerprint density at radius 3 is 2.61 bits per heavy atom. The molecule has 0 aromatic carbocycles. The lowest BCUT2D eigenvalue weighted by Gasteiger charge is -2.39. The normalized spacial score (nSPS) is 37.3. The molecule has 106 valence electrons. The summed E-state index contributed by atoms with van der Waals surface area (Å²) in [6.45, 7) is 14.6. The smallest absolute Gasteiger partial charge is 0.117 e. The molecule has 0 aliphatic carbocycles. The number of piperidine rings is 1. The molecule has 2 atom stereocenters. The summed E-state index contributed by atoms with van der Waals surface area (Å²) >= 11 is 0. The second kappa shape index (κ2) is 5.10. The number of hydrogen-bond acceptors (Lipinski definition) is 3. The van der Waals surface area contributed by atoms with Crippen LogP contribution < -0.4 is 5.32 Å². The molecule has 2 aliphatic heterocycles. The fourth-order valence-electron chi connectivity index (χ4n) is 3.48. The SMILES string of the molecule is CC(C)N1CCCC(CC2(C)NCC(C)(C)O2)C1. The van der Waals surface area contributed by atoms with Crippen molar-refractivity contribution < 1.29 is 4.74 Å². The largest absolute Gasteiger partial charge is 0.354 e. The molecule has 1 N–H and O–H groups in total. The Labute approximate surface area is 112 Å². The highest BCUT2D eigenvalue weighted by atomic mass is 16.5. The van der Waals surface area contributed by atoms with Gasteiger partial charge >= 0.3 is 0 Å². The molecule has 3 nitrogen and oxygen atoms in total. The van der Waals surface area contributed by atoms with Crippen molar-refractivity contribution in [3.63, 3.8) is 0 Å². The van der Waals surface area contributed by atoms with E-state index in [1.165, 1.54) is 25.9 Å². The third-order valence-corrected chi connectivity index (χ3v) is 4.35. The van der Waals surface area contributed by atoms with E-state index in [0.29, 0.717) is 6.04 Å². The van der Waals surface area contributed by atoms with Crippen molar-refractivity contribution in [2.75, 3.05) is 19.6 Å². The molecular weight excluding hydrogens is 224 g/mol. The quantitative estimate of drug-likeness (QED) is 0.838. The summed E-state index contributed by atoms with van der Waals surface area (Å²) in [6, 6.07) is 0.675. The van der Waals surface area contributed by atoms with Crippen LogP contribution in [0.3, 0.4) is 0 Å². The van der Waals surface area contributed by atoms with Gasteiger partial charge in [-0.25, -0.2) is 0 Å². The maximum atomic E-state index is 6.21. The van der Waals surface area contributed by atoms with Gasteiger partial charge in [-0.2, -0.15) is 0 Å². The van der Waals surface area contributed by atoms with Crippen LogP contribution in [0.1, 0.15) is 53.9 Å². The highest BCUT2D eigenvalue weighted by Gasteiger charge is 2.42. The molecule has 0 aromatic rings. The van der Waals surface area contributed by atoms with Crippen molar-refractivity contribution in [3.05, 3.63) is 0 Å². The summed E-state index contributed by atoms with van der Waals surface area (Å²) in [4.78, 5) is 2.61. The van der Waals surface area contributed by atoms with Gasteiger partial charge in [0, 0.05) is 19.1 Å². The van der Waals surface area contributed by atoms with Gasteiger partial charge < -0.3 is 9.64 Å². The second-order valence-corrected chi connectivity index (χ2v) is 7.25. The topological polar surface area (TPSA) is 24.5 Å². The molecule has 0 aromatic heterocycles. The average Bonchev–Trinajstić information content (AvgIpc) is 2.53. The monoisotopic (exact) mass is 254 g/mol. The first-order valence-corrected chi connectivity index (χ1v) is 7.49. The first kappa shape index (κ1) is 14.3. The molecule has 0 spiro atoms. The summed E-state index contributed by atoms with van der Waals surface area (Å²) in [5.41, 5.74) is -0.130. The van der Waals surface area contributed by atoms with Crippen molar-refractivity contribution in [1.29, 1.82) is 0 Å². The van der Waals surface area contributed by atoms with Gasteiger partial charge in [0.15, 0.2) is 0 Å². The molecule has 2 rings (SSSR count). The number of ether oxygens (including phenoxy) is 1. The summed E-state index contributed by atoms with van der Waals surface area (Å²) in [5, 5.41) is 3.57. The first-order chi connectivity index (χ1) is 8.30. The van der Waals surface area contributed by atoms with Gasteiger partial charge in [0.2, 0.25) is 0 Å². The van der Waals surface area contributed by atoms with Crippen LogP contribution in [-0.2, 0) is 4.74 Å². The standard InChI is InChI=1S/C15H30N2O/c1-12(2)17-8-6-7-13(10-17)9-15(5)16-11-14(3,4)18-15/h12-13,16H,6-11H2,1-5H3. The van der Waals surface area contributed by atoms with Crippen LogP contribution >= 0.6 is 0 Å². The van der Waals surface area contributed by atoms with Crippen LogP contribution in [-0.4, -0.2) is 41.9 Å². The minimum Gasteiger partial charge on any atom is -0.354 e. The highest BCUT2D eigenvalue weighted by molar-refractivity contribution is 4.92. The van der Waals surface area contributed by atoms with Gasteiger partial charge in [-0.3, -0.25) is 5.32 Å². The Balaban J connectivity index is 1.89. The third kappa shape index (κ3) is 3.46. The first-order valence-electron chi connectivity index (χ1n) is 7.49. The Morgan fingerprint density at radius 1 is 1.33 bits per heavy atom. The van der Waals surface area contributed by atoms with E-state index in [4.69, 9.17) is 4.74 Å². The van der Waals surface area contributed by atoms with Crippen LogP contribution in [0.2, 0.25) is 0 Å². The van der Waals surface area contributed by atoms with E-state index < -0.39 is 0 Å². The van der Waals surface area contributed by atoms with Crippen molar-refractivity contribution in [2.24, 2.45) is 5.92 Å². The van der Waals surface area contributed by atoms with Crippen LogP contribution in [0, 0.1) is 5.92 Å². The third-order valence-electron chi connectivity index (χ3n) is 4.35. The molecule has 0 amide bonds. The molecule has 2 fully saturated rings. The van der Waals surface area contributed by atoms with Gasteiger partial charge in [-0.05, 0) is 66.3 Å². The van der Waals surface area contributed by atoms with Gasteiger partial charge in [0.25, 0.3) is 0 Å². The minimum atomic E-state index is -0.117. The lowest BCUT2D eigenvalue weighted by atomic mass is 9.89. The van der Waals surface area contributed by atoms with E-state index >= 15 is 0 Å². The lowest BCUT2D eigenvalue weighted by Crippen LogP contribution is -2.45. The molecule has 2 heterocycles. The predicted octanol–water partition coefficient (Wildman–Crippen LogP) is 2.61. The van der Waals surface area contributed by atoms with Gasteiger partial charge in [-0.15, -0.1) is 0 Å². The van der Waals surface area contributed by atoms with Crippen molar-refractivity contribution in [3.8, 4) is 0 Å². The Bertz CT molecular complexity index is 290. The van der Waals surface area contributed by atoms with Crippen molar-refractivity contribution in [1.82, 2.24) is 10.2 Å². The Kier molecular flexibility index (Phi) is 4.05. The molecule has 2 aliphatic rings. The Morgan fingerprint density at radius 2 is 2.06 bits per heavy atom. The zero-order valence-corrected chi connectivity index (χ0v) is 12.8. The van der Waals surface area contributed by atoms with Gasteiger partial charge in [0.05, 0.1) is 5.60 Å². The van der Waals surface area contributed by atoms with E-state index in [0.717, 1.165) is 18.9 Å². The minimum absolute atomic E-state index is 0.0127. The maximum absolute atomic E-state index is 6.21. The van der Waals surface area contributed by atoms with Crippen LogP contribution in [0.4, 0.5) is 0 Å². The van der Waals surface area contributed by atoms with E-state index in [9.17, 15) is 0 Å². The van der Waals surface area contributed by atoms with Crippen LogP contribution in [0.5, 0.6) is 0 Å². The molecule has 3 heteroatoms. The van der Waals surface area contributed by atoms with Gasteiger partial charge in [-0.1, -0.05) is 0 Å². The molecule has 18 heavy (non-hydrogen) atoms. The highest BCUT2D eigenvalue weighted by Crippen LogP contribution is 2.33. The molecule has 0 bridgehead atoms. The number of nitrogens with one attached hydrogen (secondary N) is 1.